The number of ether oxygens (including phenoxy) is 2. The molecule has 48 heavy (non-hydrogen) atoms. The zero-order chi connectivity index (χ0) is 34.8. The van der Waals surface area contributed by atoms with Gasteiger partial charge in [0, 0.05) is 35.1 Å². The van der Waals surface area contributed by atoms with E-state index in [1.807, 2.05) is 44.2 Å². The zero-order valence-electron chi connectivity index (χ0n) is 27.2. The largest absolute Gasteiger partial charge is 0.493 e. The molecule has 4 aromatic carbocycles. The van der Waals surface area contributed by atoms with Crippen LogP contribution in [-0.4, -0.2) is 58.0 Å². The minimum atomic E-state index is -4.37. The van der Waals surface area contributed by atoms with E-state index in [-0.39, 0.29) is 41.2 Å². The molecule has 2 atom stereocenters. The van der Waals surface area contributed by atoms with Gasteiger partial charge in [0.1, 0.15) is 12.6 Å². The van der Waals surface area contributed by atoms with Crippen molar-refractivity contribution in [3.8, 4) is 11.5 Å². The third-order valence-electron chi connectivity index (χ3n) is 7.85. The first-order valence-electron chi connectivity index (χ1n) is 15.3. The van der Waals surface area contributed by atoms with Gasteiger partial charge in [0.25, 0.3) is 10.0 Å². The van der Waals surface area contributed by atoms with Crippen LogP contribution < -0.4 is 19.1 Å². The Bertz CT molecular complexity index is 1810. The van der Waals surface area contributed by atoms with Crippen molar-refractivity contribution in [2.45, 2.75) is 50.2 Å². The Morgan fingerprint density at radius 2 is 1.48 bits per heavy atom. The Labute approximate surface area is 292 Å². The van der Waals surface area contributed by atoms with E-state index in [0.29, 0.717) is 27.8 Å². The summed E-state index contributed by atoms with van der Waals surface area (Å²) in [6.07, 6.45) is 0.874. The van der Waals surface area contributed by atoms with Gasteiger partial charge in [0.2, 0.25) is 11.8 Å². The molecule has 9 nitrogen and oxygen atoms in total. The highest BCUT2D eigenvalue weighted by Crippen LogP contribution is 2.33. The predicted molar refractivity (Wildman–Crippen MR) is 189 cm³/mol. The Morgan fingerprint density at radius 1 is 0.812 bits per heavy atom. The molecular weight excluding hydrogens is 673 g/mol. The number of carbonyl (C=O) groups excluding carboxylic acids is 2. The van der Waals surface area contributed by atoms with Crippen LogP contribution in [0.2, 0.25) is 10.0 Å². The summed E-state index contributed by atoms with van der Waals surface area (Å²) < 4.78 is 40.4. The standard InChI is InChI=1S/C36H39Cl2N3O6S/c1-5-25(2)39-36(43)32(21-26-10-7-6-8-11-26)40(23-27-12-9-13-29(38)20-27)35(42)24-41(30-16-14-28(37)15-17-30)48(44,45)31-18-19-33(46-3)34(22-31)47-4/h6-20,22,25,32H,5,21,23-24H2,1-4H3,(H,39,43)/t25-,32-/m0/s1. The Balaban J connectivity index is 1.83. The monoisotopic (exact) mass is 711 g/mol. The van der Waals surface area contributed by atoms with E-state index in [1.165, 1.54) is 49.5 Å². The number of amides is 2. The molecule has 2 amide bonds. The van der Waals surface area contributed by atoms with Crippen molar-refractivity contribution in [2.24, 2.45) is 0 Å². The average Bonchev–Trinajstić information content (AvgIpc) is 3.09. The quantitative estimate of drug-likeness (QED) is 0.146. The molecule has 12 heteroatoms. The second-order valence-corrected chi connectivity index (χ2v) is 13.9. The number of rotatable bonds is 15. The minimum absolute atomic E-state index is 0.00428. The molecule has 254 valence electrons. The van der Waals surface area contributed by atoms with Crippen LogP contribution in [-0.2, 0) is 32.6 Å². The Hall–Kier alpha value is -4.25. The van der Waals surface area contributed by atoms with Crippen LogP contribution in [0.5, 0.6) is 11.5 Å². The average molecular weight is 713 g/mol. The summed E-state index contributed by atoms with van der Waals surface area (Å²) in [7, 11) is -1.53. The van der Waals surface area contributed by atoms with Crippen molar-refractivity contribution in [3.05, 3.63) is 118 Å². The number of benzene rings is 4. The normalized spacial score (nSPS) is 12.5. The topological polar surface area (TPSA) is 105 Å². The maximum Gasteiger partial charge on any atom is 0.264 e. The maximum absolute atomic E-state index is 14.6. The van der Waals surface area contributed by atoms with Crippen LogP contribution in [0.4, 0.5) is 5.69 Å². The predicted octanol–water partition coefficient (Wildman–Crippen LogP) is 6.76. The lowest BCUT2D eigenvalue weighted by Gasteiger charge is -2.34. The van der Waals surface area contributed by atoms with Crippen molar-refractivity contribution in [1.29, 1.82) is 0 Å². The lowest BCUT2D eigenvalue weighted by molar-refractivity contribution is -0.140. The van der Waals surface area contributed by atoms with Crippen LogP contribution in [0, 0.1) is 0 Å². The van der Waals surface area contributed by atoms with E-state index in [4.69, 9.17) is 32.7 Å². The van der Waals surface area contributed by atoms with E-state index < -0.39 is 28.5 Å². The van der Waals surface area contributed by atoms with Crippen LogP contribution in [0.1, 0.15) is 31.4 Å². The Morgan fingerprint density at radius 3 is 2.10 bits per heavy atom. The third-order valence-corrected chi connectivity index (χ3v) is 10.1. The first kappa shape index (κ1) is 36.6. The summed E-state index contributed by atoms with van der Waals surface area (Å²) >= 11 is 12.5. The van der Waals surface area contributed by atoms with E-state index in [2.05, 4.69) is 5.32 Å². The number of hydrogen-bond donors (Lipinski definition) is 1. The van der Waals surface area contributed by atoms with Gasteiger partial charge in [-0.1, -0.05) is 72.6 Å². The van der Waals surface area contributed by atoms with Crippen molar-refractivity contribution in [1.82, 2.24) is 10.2 Å². The second kappa shape index (κ2) is 16.7. The van der Waals surface area contributed by atoms with Gasteiger partial charge in [0.05, 0.1) is 24.8 Å². The molecule has 0 unspecified atom stereocenters. The van der Waals surface area contributed by atoms with Crippen LogP contribution in [0.3, 0.4) is 0 Å². The molecular formula is C36H39Cl2N3O6S. The molecule has 0 bridgehead atoms. The lowest BCUT2D eigenvalue weighted by Crippen LogP contribution is -2.54. The molecule has 1 N–H and O–H groups in total. The van der Waals surface area contributed by atoms with E-state index in [1.54, 1.807) is 36.4 Å². The van der Waals surface area contributed by atoms with Gasteiger partial charge in [-0.2, -0.15) is 0 Å². The fourth-order valence-electron chi connectivity index (χ4n) is 5.07. The van der Waals surface area contributed by atoms with Crippen molar-refractivity contribution < 1.29 is 27.5 Å². The fourth-order valence-corrected chi connectivity index (χ4v) is 6.84. The smallest absolute Gasteiger partial charge is 0.264 e. The number of hydrogen-bond acceptors (Lipinski definition) is 6. The van der Waals surface area contributed by atoms with Gasteiger partial charge >= 0.3 is 0 Å². The molecule has 0 fully saturated rings. The first-order valence-corrected chi connectivity index (χ1v) is 17.5. The summed E-state index contributed by atoms with van der Waals surface area (Å²) in [5, 5.41) is 3.87. The van der Waals surface area contributed by atoms with Crippen molar-refractivity contribution in [2.75, 3.05) is 25.1 Å². The van der Waals surface area contributed by atoms with E-state index >= 15 is 0 Å². The van der Waals surface area contributed by atoms with Gasteiger partial charge in [-0.15, -0.1) is 0 Å². The second-order valence-electron chi connectivity index (χ2n) is 11.2. The number of methoxy groups -OCH3 is 2. The number of nitrogens with one attached hydrogen (secondary N) is 1. The first-order chi connectivity index (χ1) is 23.0. The van der Waals surface area contributed by atoms with Crippen molar-refractivity contribution >= 4 is 50.7 Å². The molecule has 0 aromatic heterocycles. The number of halogens is 2. The molecule has 0 heterocycles. The zero-order valence-corrected chi connectivity index (χ0v) is 29.6. The van der Waals surface area contributed by atoms with Gasteiger partial charge in [0.15, 0.2) is 11.5 Å². The molecule has 0 spiro atoms. The van der Waals surface area contributed by atoms with Crippen LogP contribution >= 0.6 is 23.2 Å². The summed E-state index contributed by atoms with van der Waals surface area (Å²) in [6.45, 7) is 3.21. The minimum Gasteiger partial charge on any atom is -0.493 e. The molecule has 0 saturated heterocycles. The summed E-state index contributed by atoms with van der Waals surface area (Å²) in [4.78, 5) is 29.9. The van der Waals surface area contributed by atoms with Crippen LogP contribution in [0.25, 0.3) is 0 Å². The Kier molecular flexibility index (Phi) is 12.7. The highest BCUT2D eigenvalue weighted by Gasteiger charge is 2.35. The summed E-state index contributed by atoms with van der Waals surface area (Å²) in [6, 6.07) is 25.5. The summed E-state index contributed by atoms with van der Waals surface area (Å²) in [5.41, 5.74) is 1.71. The molecule has 0 radical (unpaired) electrons. The number of carbonyl (C=O) groups is 2. The number of nitrogens with zero attached hydrogens (tertiary/aromatic N) is 2. The molecule has 4 aromatic rings. The SMILES string of the molecule is CC[C@H](C)NC(=O)[C@H](Cc1ccccc1)N(Cc1cccc(Cl)c1)C(=O)CN(c1ccc(Cl)cc1)S(=O)(=O)c1ccc(OC)c(OC)c1. The van der Waals surface area contributed by atoms with Gasteiger partial charge < -0.3 is 19.7 Å². The van der Waals surface area contributed by atoms with Gasteiger partial charge in [-0.3, -0.25) is 13.9 Å². The molecule has 4 rings (SSSR count). The van der Waals surface area contributed by atoms with Crippen LogP contribution in [0.15, 0.2) is 102 Å². The molecule has 0 aliphatic heterocycles. The third kappa shape index (κ3) is 9.21. The highest BCUT2D eigenvalue weighted by atomic mass is 35.5. The number of anilines is 1. The molecule has 0 aliphatic rings. The molecule has 0 saturated carbocycles. The van der Waals surface area contributed by atoms with Gasteiger partial charge in [-0.25, -0.2) is 8.42 Å². The van der Waals surface area contributed by atoms with Gasteiger partial charge in [-0.05, 0) is 73.0 Å². The van der Waals surface area contributed by atoms with E-state index in [9.17, 15) is 18.0 Å². The van der Waals surface area contributed by atoms with Crippen molar-refractivity contribution in [3.63, 3.8) is 0 Å². The van der Waals surface area contributed by atoms with E-state index in [0.717, 1.165) is 9.87 Å². The maximum atomic E-state index is 14.6. The fraction of sp³-hybridized carbons (Fsp3) is 0.278. The molecule has 0 aliphatic carbocycles. The number of sulfonamides is 1. The highest BCUT2D eigenvalue weighted by molar-refractivity contribution is 7.92. The summed E-state index contributed by atoms with van der Waals surface area (Å²) in [5.74, 6) is -0.416. The lowest BCUT2D eigenvalue weighted by atomic mass is 10.0.